The fourth-order valence-corrected chi connectivity index (χ4v) is 1.71. The van der Waals surface area contributed by atoms with E-state index in [1.54, 1.807) is 30.8 Å². The van der Waals surface area contributed by atoms with Crippen molar-refractivity contribution < 1.29 is 9.13 Å². The Morgan fingerprint density at radius 1 is 1.39 bits per heavy atom. The molecule has 0 amide bonds. The van der Waals surface area contributed by atoms with E-state index < -0.39 is 5.82 Å². The summed E-state index contributed by atoms with van der Waals surface area (Å²) < 4.78 is 20.7. The smallest absolute Gasteiger partial charge is 0.171 e. The lowest BCUT2D eigenvalue weighted by molar-refractivity contribution is 0.466. The summed E-state index contributed by atoms with van der Waals surface area (Å²) in [5.74, 6) is 0.172. The molecule has 92 valence electrons. The van der Waals surface area contributed by atoms with Gasteiger partial charge in [0.25, 0.3) is 0 Å². The van der Waals surface area contributed by atoms with Crippen LogP contribution in [-0.4, -0.2) is 9.78 Å². The number of aryl methyl sites for hydroxylation is 2. The zero-order valence-corrected chi connectivity index (χ0v) is 10.4. The van der Waals surface area contributed by atoms with Crippen molar-refractivity contribution in [3.8, 4) is 17.6 Å². The molecule has 18 heavy (non-hydrogen) atoms. The second-order valence-electron chi connectivity index (χ2n) is 3.95. The Morgan fingerprint density at radius 2 is 2.11 bits per heavy atom. The highest BCUT2D eigenvalue weighted by molar-refractivity contribution is 5.47. The molecular weight excluding hydrogens is 233 g/mol. The summed E-state index contributed by atoms with van der Waals surface area (Å²) in [7, 11) is 1.80. The van der Waals surface area contributed by atoms with Crippen LogP contribution in [0.1, 0.15) is 17.0 Å². The van der Waals surface area contributed by atoms with Gasteiger partial charge in [0.15, 0.2) is 5.75 Å². The third-order valence-electron chi connectivity index (χ3n) is 2.74. The third kappa shape index (κ3) is 1.93. The molecule has 0 spiro atoms. The number of nitriles is 1. The molecule has 2 rings (SSSR count). The molecule has 0 saturated heterocycles. The Morgan fingerprint density at radius 3 is 2.67 bits per heavy atom. The number of ether oxygens (including phenoxy) is 1. The van der Waals surface area contributed by atoms with Crippen molar-refractivity contribution in [2.24, 2.45) is 7.05 Å². The standard InChI is InChI=1S/C13H12FN3O/c1-8-13(9(2)17(3)16-8)18-12-6-4-5-11(14)10(12)7-15/h4-6H,1-3H3. The lowest BCUT2D eigenvalue weighted by atomic mass is 10.2. The van der Waals surface area contributed by atoms with Crippen molar-refractivity contribution in [3.05, 3.63) is 41.0 Å². The summed E-state index contributed by atoms with van der Waals surface area (Å²) >= 11 is 0. The van der Waals surface area contributed by atoms with E-state index >= 15 is 0 Å². The second kappa shape index (κ2) is 4.49. The van der Waals surface area contributed by atoms with Gasteiger partial charge < -0.3 is 4.74 Å². The monoisotopic (exact) mass is 245 g/mol. The first-order valence-corrected chi connectivity index (χ1v) is 5.41. The molecule has 0 fully saturated rings. The number of halogens is 1. The van der Waals surface area contributed by atoms with Crippen LogP contribution in [0.5, 0.6) is 11.5 Å². The van der Waals surface area contributed by atoms with E-state index in [0.29, 0.717) is 11.4 Å². The zero-order chi connectivity index (χ0) is 13.3. The van der Waals surface area contributed by atoms with E-state index in [-0.39, 0.29) is 11.3 Å². The second-order valence-corrected chi connectivity index (χ2v) is 3.95. The minimum absolute atomic E-state index is 0.0971. The molecule has 0 aliphatic rings. The fraction of sp³-hybridized carbons (Fsp3) is 0.231. The first-order chi connectivity index (χ1) is 8.54. The van der Waals surface area contributed by atoms with Gasteiger partial charge in [-0.2, -0.15) is 10.4 Å². The van der Waals surface area contributed by atoms with Crippen LogP contribution in [0.25, 0.3) is 0 Å². The molecule has 4 nitrogen and oxygen atoms in total. The van der Waals surface area contributed by atoms with Crippen LogP contribution in [0.2, 0.25) is 0 Å². The molecule has 1 aromatic heterocycles. The van der Waals surface area contributed by atoms with Crippen molar-refractivity contribution >= 4 is 0 Å². The van der Waals surface area contributed by atoms with Gasteiger partial charge in [0.2, 0.25) is 0 Å². The first kappa shape index (κ1) is 12.1. The first-order valence-electron chi connectivity index (χ1n) is 5.41. The maximum Gasteiger partial charge on any atom is 0.171 e. The van der Waals surface area contributed by atoms with Gasteiger partial charge >= 0.3 is 0 Å². The summed E-state index contributed by atoms with van der Waals surface area (Å²) in [4.78, 5) is 0. The predicted octanol–water partition coefficient (Wildman–Crippen LogP) is 2.84. The van der Waals surface area contributed by atoms with Gasteiger partial charge in [0, 0.05) is 7.05 Å². The maximum atomic E-state index is 13.4. The van der Waals surface area contributed by atoms with E-state index in [9.17, 15) is 4.39 Å². The molecule has 0 atom stereocenters. The van der Waals surface area contributed by atoms with Crippen LogP contribution < -0.4 is 4.74 Å². The van der Waals surface area contributed by atoms with Gasteiger partial charge in [-0.1, -0.05) is 6.07 Å². The van der Waals surface area contributed by atoms with E-state index in [2.05, 4.69) is 5.10 Å². The van der Waals surface area contributed by atoms with E-state index in [4.69, 9.17) is 10.00 Å². The maximum absolute atomic E-state index is 13.4. The summed E-state index contributed by atoms with van der Waals surface area (Å²) in [5.41, 5.74) is 1.42. The van der Waals surface area contributed by atoms with Crippen molar-refractivity contribution in [1.82, 2.24) is 9.78 Å². The minimum Gasteiger partial charge on any atom is -0.452 e. The molecule has 1 heterocycles. The van der Waals surface area contributed by atoms with Crippen molar-refractivity contribution in [2.75, 3.05) is 0 Å². The number of aromatic nitrogens is 2. The minimum atomic E-state index is -0.589. The lowest BCUT2D eigenvalue weighted by Crippen LogP contribution is -1.95. The van der Waals surface area contributed by atoms with Crippen LogP contribution in [0.3, 0.4) is 0 Å². The van der Waals surface area contributed by atoms with Gasteiger partial charge in [-0.15, -0.1) is 0 Å². The molecule has 0 aliphatic carbocycles. The molecular formula is C13H12FN3O. The average molecular weight is 245 g/mol. The number of hydrogen-bond acceptors (Lipinski definition) is 3. The third-order valence-corrected chi connectivity index (χ3v) is 2.74. The number of nitrogens with zero attached hydrogens (tertiary/aromatic N) is 3. The van der Waals surface area contributed by atoms with Crippen LogP contribution in [0, 0.1) is 31.0 Å². The molecule has 0 aliphatic heterocycles. The Bertz CT molecular complexity index is 640. The van der Waals surface area contributed by atoms with Crippen LogP contribution in [0.15, 0.2) is 18.2 Å². The molecule has 0 saturated carbocycles. The Balaban J connectivity index is 2.47. The largest absolute Gasteiger partial charge is 0.452 e. The molecule has 0 radical (unpaired) electrons. The highest BCUT2D eigenvalue weighted by Crippen LogP contribution is 2.30. The zero-order valence-electron chi connectivity index (χ0n) is 10.4. The van der Waals surface area contributed by atoms with Crippen LogP contribution in [-0.2, 0) is 7.05 Å². The lowest BCUT2D eigenvalue weighted by Gasteiger charge is -2.07. The quantitative estimate of drug-likeness (QED) is 0.817. The number of rotatable bonds is 2. The number of hydrogen-bond donors (Lipinski definition) is 0. The molecule has 2 aromatic rings. The summed E-state index contributed by atoms with van der Waals surface area (Å²) in [6.07, 6.45) is 0. The topological polar surface area (TPSA) is 50.8 Å². The van der Waals surface area contributed by atoms with Crippen molar-refractivity contribution in [3.63, 3.8) is 0 Å². The van der Waals surface area contributed by atoms with Crippen molar-refractivity contribution in [1.29, 1.82) is 5.26 Å². The van der Waals surface area contributed by atoms with Gasteiger partial charge in [-0.05, 0) is 26.0 Å². The van der Waals surface area contributed by atoms with Crippen molar-refractivity contribution in [2.45, 2.75) is 13.8 Å². The highest BCUT2D eigenvalue weighted by Gasteiger charge is 2.15. The van der Waals surface area contributed by atoms with Crippen LogP contribution in [0.4, 0.5) is 4.39 Å². The predicted molar refractivity (Wildman–Crippen MR) is 63.9 cm³/mol. The molecule has 0 N–H and O–H groups in total. The highest BCUT2D eigenvalue weighted by atomic mass is 19.1. The SMILES string of the molecule is Cc1nn(C)c(C)c1Oc1cccc(F)c1C#N. The summed E-state index contributed by atoms with van der Waals surface area (Å²) in [5, 5.41) is 13.1. The van der Waals surface area contributed by atoms with E-state index in [1.165, 1.54) is 12.1 Å². The van der Waals surface area contributed by atoms with Gasteiger partial charge in [-0.25, -0.2) is 4.39 Å². The normalized spacial score (nSPS) is 10.2. The van der Waals surface area contributed by atoms with Gasteiger partial charge in [0.05, 0.1) is 5.69 Å². The fourth-order valence-electron chi connectivity index (χ4n) is 1.71. The summed E-state index contributed by atoms with van der Waals surface area (Å²) in [6, 6.07) is 6.10. The Hall–Kier alpha value is -2.35. The van der Waals surface area contributed by atoms with Crippen LogP contribution >= 0.6 is 0 Å². The average Bonchev–Trinajstić information content (AvgIpc) is 2.56. The molecule has 1 aromatic carbocycles. The Kier molecular flexibility index (Phi) is 3.02. The van der Waals surface area contributed by atoms with E-state index in [1.807, 2.05) is 6.92 Å². The van der Waals surface area contributed by atoms with Gasteiger partial charge in [-0.3, -0.25) is 4.68 Å². The van der Waals surface area contributed by atoms with E-state index in [0.717, 1.165) is 5.69 Å². The molecule has 0 bridgehead atoms. The van der Waals surface area contributed by atoms with Gasteiger partial charge in [0.1, 0.15) is 28.9 Å². The summed E-state index contributed by atoms with van der Waals surface area (Å²) in [6.45, 7) is 3.65. The molecule has 5 heteroatoms. The Labute approximate surface area is 104 Å². The molecule has 0 unspecified atom stereocenters. The number of benzene rings is 1.